The molecule has 0 fully saturated rings. The van der Waals surface area contributed by atoms with Crippen LogP contribution in [0.1, 0.15) is 5.01 Å². The third-order valence-electron chi connectivity index (χ3n) is 2.01. The van der Waals surface area contributed by atoms with E-state index in [4.69, 9.17) is 5.73 Å². The van der Waals surface area contributed by atoms with Crippen LogP contribution in [-0.2, 0) is 10.0 Å². The van der Waals surface area contributed by atoms with Gasteiger partial charge >= 0.3 is 0 Å². The first-order valence-corrected chi connectivity index (χ1v) is 7.06. The van der Waals surface area contributed by atoms with Crippen LogP contribution in [0, 0.1) is 12.7 Å². The van der Waals surface area contributed by atoms with Crippen LogP contribution in [0.4, 0.5) is 15.2 Å². The molecule has 0 saturated carbocycles. The summed E-state index contributed by atoms with van der Waals surface area (Å²) < 4.78 is 39.0. The Balaban J connectivity index is 2.36. The first-order valence-electron chi connectivity index (χ1n) is 4.76. The second-order valence-electron chi connectivity index (χ2n) is 3.41. The summed E-state index contributed by atoms with van der Waals surface area (Å²) in [6, 6.07) is 3.07. The van der Waals surface area contributed by atoms with Crippen molar-refractivity contribution in [3.63, 3.8) is 0 Å². The van der Waals surface area contributed by atoms with E-state index in [1.807, 2.05) is 0 Å². The van der Waals surface area contributed by atoms with E-state index in [0.717, 1.165) is 29.5 Å². The molecule has 0 amide bonds. The highest BCUT2D eigenvalue weighted by atomic mass is 32.2. The zero-order valence-corrected chi connectivity index (χ0v) is 10.8. The fourth-order valence-corrected chi connectivity index (χ4v) is 3.21. The minimum atomic E-state index is -3.88. The summed E-state index contributed by atoms with van der Waals surface area (Å²) in [4.78, 5) is -0.197. The average molecular weight is 288 g/mol. The maximum Gasteiger partial charge on any atom is 0.265 e. The molecule has 96 valence electrons. The highest BCUT2D eigenvalue weighted by Crippen LogP contribution is 2.23. The van der Waals surface area contributed by atoms with E-state index in [0.29, 0.717) is 5.01 Å². The number of rotatable bonds is 3. The van der Waals surface area contributed by atoms with E-state index < -0.39 is 15.8 Å². The van der Waals surface area contributed by atoms with Gasteiger partial charge in [-0.1, -0.05) is 11.3 Å². The van der Waals surface area contributed by atoms with E-state index in [9.17, 15) is 12.8 Å². The second kappa shape index (κ2) is 4.50. The van der Waals surface area contributed by atoms with Crippen molar-refractivity contribution in [2.45, 2.75) is 11.8 Å². The second-order valence-corrected chi connectivity index (χ2v) is 6.25. The number of sulfonamides is 1. The maximum atomic E-state index is 12.9. The van der Waals surface area contributed by atoms with Crippen molar-refractivity contribution < 1.29 is 12.8 Å². The minimum absolute atomic E-state index is 0.135. The number of hydrogen-bond donors (Lipinski definition) is 2. The predicted octanol–water partition coefficient (Wildman–Crippen LogP) is 1.37. The number of nitrogen functional groups attached to an aromatic ring is 1. The predicted molar refractivity (Wildman–Crippen MR) is 66.3 cm³/mol. The van der Waals surface area contributed by atoms with E-state index in [1.165, 1.54) is 0 Å². The Bertz CT molecular complexity index is 684. The van der Waals surface area contributed by atoms with Gasteiger partial charge < -0.3 is 5.73 Å². The number of aromatic nitrogens is 2. The van der Waals surface area contributed by atoms with Crippen LogP contribution in [0.5, 0.6) is 0 Å². The fourth-order valence-electron chi connectivity index (χ4n) is 1.27. The summed E-state index contributed by atoms with van der Waals surface area (Å²) in [7, 11) is -3.88. The van der Waals surface area contributed by atoms with Gasteiger partial charge in [0.05, 0.1) is 5.69 Å². The van der Waals surface area contributed by atoms with Crippen molar-refractivity contribution in [3.8, 4) is 0 Å². The number of halogens is 1. The lowest BCUT2D eigenvalue weighted by Gasteiger charge is -2.07. The monoisotopic (exact) mass is 288 g/mol. The molecule has 1 aromatic heterocycles. The normalized spacial score (nSPS) is 11.4. The molecule has 9 heteroatoms. The van der Waals surface area contributed by atoms with Crippen molar-refractivity contribution >= 4 is 32.2 Å². The number of anilines is 2. The lowest BCUT2D eigenvalue weighted by atomic mass is 10.3. The molecule has 0 aliphatic rings. The molecule has 1 aromatic carbocycles. The molecule has 2 aromatic rings. The molecule has 0 spiro atoms. The van der Waals surface area contributed by atoms with Gasteiger partial charge in [0.15, 0.2) is 0 Å². The van der Waals surface area contributed by atoms with Crippen LogP contribution in [-0.4, -0.2) is 18.6 Å². The lowest BCUT2D eigenvalue weighted by molar-refractivity contribution is 0.600. The first-order chi connectivity index (χ1) is 8.38. The number of nitrogens with one attached hydrogen (secondary N) is 1. The number of nitrogens with two attached hydrogens (primary N) is 1. The summed E-state index contributed by atoms with van der Waals surface area (Å²) in [6.45, 7) is 1.70. The van der Waals surface area contributed by atoms with Gasteiger partial charge in [-0.3, -0.25) is 4.72 Å². The smallest absolute Gasteiger partial charge is 0.265 e. The van der Waals surface area contributed by atoms with E-state index in [2.05, 4.69) is 14.9 Å². The van der Waals surface area contributed by atoms with Gasteiger partial charge in [0, 0.05) is 0 Å². The Morgan fingerprint density at radius 3 is 2.67 bits per heavy atom. The lowest BCUT2D eigenvalue weighted by Crippen LogP contribution is -2.14. The van der Waals surface area contributed by atoms with Crippen LogP contribution in [0.15, 0.2) is 23.1 Å². The molecule has 0 radical (unpaired) electrons. The first kappa shape index (κ1) is 12.7. The molecule has 0 atom stereocenters. The Morgan fingerprint density at radius 1 is 1.39 bits per heavy atom. The Morgan fingerprint density at radius 2 is 2.11 bits per heavy atom. The molecule has 0 unspecified atom stereocenters. The van der Waals surface area contributed by atoms with Crippen LogP contribution >= 0.6 is 11.3 Å². The van der Waals surface area contributed by atoms with Gasteiger partial charge in [-0.2, -0.15) is 0 Å². The van der Waals surface area contributed by atoms with E-state index in [1.54, 1.807) is 6.92 Å². The van der Waals surface area contributed by atoms with Crippen LogP contribution in [0.25, 0.3) is 0 Å². The van der Waals surface area contributed by atoms with Gasteiger partial charge in [-0.05, 0) is 25.1 Å². The largest absolute Gasteiger partial charge is 0.398 e. The third-order valence-corrected chi connectivity index (χ3v) is 4.31. The molecule has 1 heterocycles. The molecule has 0 aliphatic heterocycles. The molecule has 0 bridgehead atoms. The van der Waals surface area contributed by atoms with Gasteiger partial charge in [-0.25, -0.2) is 12.8 Å². The SMILES string of the molecule is Cc1nnc(NS(=O)(=O)c2ccc(F)cc2N)s1. The minimum Gasteiger partial charge on any atom is -0.398 e. The zero-order valence-electron chi connectivity index (χ0n) is 9.21. The molecule has 6 nitrogen and oxygen atoms in total. The van der Waals surface area contributed by atoms with E-state index in [-0.39, 0.29) is 15.7 Å². The highest BCUT2D eigenvalue weighted by molar-refractivity contribution is 7.93. The summed E-state index contributed by atoms with van der Waals surface area (Å²) in [5, 5.41) is 8.08. The Kier molecular flexibility index (Phi) is 3.18. The summed E-state index contributed by atoms with van der Waals surface area (Å²) in [6.07, 6.45) is 0. The standard InChI is InChI=1S/C9H9FN4O2S2/c1-5-12-13-9(17-5)14-18(15,16)8-3-2-6(10)4-7(8)11/h2-4H,11H2,1H3,(H,13,14). The summed E-state index contributed by atoms with van der Waals surface area (Å²) in [5.74, 6) is -0.599. The highest BCUT2D eigenvalue weighted by Gasteiger charge is 2.19. The van der Waals surface area contributed by atoms with Gasteiger partial charge in [0.2, 0.25) is 5.13 Å². The summed E-state index contributed by atoms with van der Waals surface area (Å²) in [5.41, 5.74) is 5.31. The van der Waals surface area contributed by atoms with E-state index >= 15 is 0 Å². The van der Waals surface area contributed by atoms with Crippen LogP contribution < -0.4 is 10.5 Å². The van der Waals surface area contributed by atoms with Crippen molar-refractivity contribution in [3.05, 3.63) is 29.0 Å². The average Bonchev–Trinajstić information content (AvgIpc) is 2.62. The number of aryl methyl sites for hydroxylation is 1. The summed E-state index contributed by atoms with van der Waals surface area (Å²) >= 11 is 1.09. The Hall–Kier alpha value is -1.74. The van der Waals surface area contributed by atoms with Gasteiger partial charge in [0.25, 0.3) is 10.0 Å². The molecule has 0 aliphatic carbocycles. The van der Waals surface area contributed by atoms with Crippen molar-refractivity contribution in [2.24, 2.45) is 0 Å². The van der Waals surface area contributed by atoms with Crippen molar-refractivity contribution in [1.29, 1.82) is 0 Å². The van der Waals surface area contributed by atoms with Crippen molar-refractivity contribution in [2.75, 3.05) is 10.5 Å². The molecule has 0 saturated heterocycles. The van der Waals surface area contributed by atoms with Crippen LogP contribution in [0.2, 0.25) is 0 Å². The number of hydrogen-bond acceptors (Lipinski definition) is 6. The molecule has 3 N–H and O–H groups in total. The Labute approximate surface area is 107 Å². The molecular weight excluding hydrogens is 279 g/mol. The van der Waals surface area contributed by atoms with Gasteiger partial charge in [-0.15, -0.1) is 10.2 Å². The topological polar surface area (TPSA) is 98.0 Å². The quantitative estimate of drug-likeness (QED) is 0.831. The molecular formula is C9H9FN4O2S2. The zero-order chi connectivity index (χ0) is 13.3. The number of nitrogens with zero attached hydrogens (tertiary/aromatic N) is 2. The third kappa shape index (κ3) is 2.57. The molecule has 2 rings (SSSR count). The fraction of sp³-hybridized carbons (Fsp3) is 0.111. The van der Waals surface area contributed by atoms with Crippen molar-refractivity contribution in [1.82, 2.24) is 10.2 Å². The molecule has 18 heavy (non-hydrogen) atoms. The van der Waals surface area contributed by atoms with Gasteiger partial charge in [0.1, 0.15) is 15.7 Å². The maximum absolute atomic E-state index is 12.9. The number of benzene rings is 1. The van der Waals surface area contributed by atoms with Crippen LogP contribution in [0.3, 0.4) is 0 Å².